The third kappa shape index (κ3) is 3.46. The van der Waals surface area contributed by atoms with Crippen LogP contribution < -0.4 is 20.1 Å². The fourth-order valence-corrected chi connectivity index (χ4v) is 4.76. The third-order valence-corrected chi connectivity index (χ3v) is 7.07. The number of ether oxygens (including phenoxy) is 2. The summed E-state index contributed by atoms with van der Waals surface area (Å²) >= 11 is 0. The van der Waals surface area contributed by atoms with Gasteiger partial charge in [0, 0.05) is 43.0 Å². The highest BCUT2D eigenvalue weighted by Gasteiger charge is 2.41. The minimum absolute atomic E-state index is 0.379. The molecule has 1 saturated heterocycles. The van der Waals surface area contributed by atoms with E-state index in [0.717, 1.165) is 24.4 Å². The quantitative estimate of drug-likeness (QED) is 0.474. The zero-order valence-corrected chi connectivity index (χ0v) is 19.8. The Bertz CT molecular complexity index is 1290. The number of anilines is 3. The van der Waals surface area contributed by atoms with Gasteiger partial charge < -0.3 is 30.0 Å². The van der Waals surface area contributed by atoms with Crippen LogP contribution in [0.5, 0.6) is 11.5 Å². The van der Waals surface area contributed by atoms with Gasteiger partial charge in [0.1, 0.15) is 30.7 Å². The number of hydrogen-bond donors (Lipinski definition) is 3. The maximum absolute atomic E-state index is 9.36. The number of hydrogen-bond acceptors (Lipinski definition) is 8. The van der Waals surface area contributed by atoms with E-state index in [0.29, 0.717) is 64.2 Å². The molecule has 0 saturated carbocycles. The highest BCUT2D eigenvalue weighted by atomic mass is 16.6. The number of nitrogens with zero attached hydrogens (tertiary/aromatic N) is 4. The smallest absolute Gasteiger partial charge is 0.231 e. The summed E-state index contributed by atoms with van der Waals surface area (Å²) in [4.78, 5) is 14.5. The van der Waals surface area contributed by atoms with Crippen molar-refractivity contribution >= 4 is 34.2 Å². The van der Waals surface area contributed by atoms with Crippen molar-refractivity contribution in [3.63, 3.8) is 0 Å². The lowest BCUT2D eigenvalue weighted by molar-refractivity contribution is 0.0418. The van der Waals surface area contributed by atoms with Gasteiger partial charge in [0.15, 0.2) is 11.5 Å². The van der Waals surface area contributed by atoms with Crippen molar-refractivity contribution in [2.45, 2.75) is 26.7 Å². The minimum atomic E-state index is 0.379. The molecule has 0 spiro atoms. The van der Waals surface area contributed by atoms with E-state index in [-0.39, 0.29) is 0 Å². The van der Waals surface area contributed by atoms with Gasteiger partial charge in [-0.2, -0.15) is 15.2 Å². The average molecular weight is 460 g/mol. The molecule has 0 aliphatic carbocycles. The highest BCUT2D eigenvalue weighted by molar-refractivity contribution is 5.93. The van der Waals surface area contributed by atoms with Crippen LogP contribution in [0.15, 0.2) is 24.9 Å². The molecule has 2 aromatic heterocycles. The lowest BCUT2D eigenvalue weighted by atomic mass is 9.74. The van der Waals surface area contributed by atoms with Gasteiger partial charge in [-0.25, -0.2) is 0 Å². The molecule has 0 bridgehead atoms. The molecule has 176 valence electrons. The number of aromatic nitrogens is 3. The summed E-state index contributed by atoms with van der Waals surface area (Å²) in [5, 5.41) is 16.3. The van der Waals surface area contributed by atoms with E-state index < -0.39 is 0 Å². The van der Waals surface area contributed by atoms with Gasteiger partial charge in [0.05, 0.1) is 16.6 Å². The lowest BCUT2D eigenvalue weighted by Crippen LogP contribution is -2.54. The molecular formula is C25H29N7O2. The maximum Gasteiger partial charge on any atom is 0.231 e. The molecule has 1 aromatic carbocycles. The molecule has 34 heavy (non-hydrogen) atoms. The third-order valence-electron chi connectivity index (χ3n) is 7.07. The van der Waals surface area contributed by atoms with Gasteiger partial charge >= 0.3 is 0 Å². The van der Waals surface area contributed by atoms with Crippen LogP contribution in [0.2, 0.25) is 0 Å². The molecule has 9 nitrogen and oxygen atoms in total. The Kier molecular flexibility index (Phi) is 5.44. The predicted octanol–water partition coefficient (Wildman–Crippen LogP) is 4.48. The number of H-pyrrole nitrogens is 1. The van der Waals surface area contributed by atoms with Crippen LogP contribution in [-0.2, 0) is 0 Å². The first-order valence-electron chi connectivity index (χ1n) is 11.6. The highest BCUT2D eigenvalue weighted by Crippen LogP contribution is 2.47. The van der Waals surface area contributed by atoms with Gasteiger partial charge in [-0.15, -0.1) is 0 Å². The number of aromatic amines is 1. The van der Waals surface area contributed by atoms with E-state index in [1.54, 1.807) is 13.2 Å². The van der Waals surface area contributed by atoms with Crippen molar-refractivity contribution in [3.8, 4) is 17.6 Å². The van der Waals surface area contributed by atoms with E-state index in [4.69, 9.17) is 9.47 Å². The molecular weight excluding hydrogens is 430 g/mol. The van der Waals surface area contributed by atoms with E-state index in [1.165, 1.54) is 12.8 Å². The van der Waals surface area contributed by atoms with Crippen molar-refractivity contribution in [2.75, 3.05) is 44.0 Å². The second kappa shape index (κ2) is 8.45. The van der Waals surface area contributed by atoms with Gasteiger partial charge in [0.25, 0.3) is 0 Å². The SMILES string of the molecule is C=C(c1ccc(Nc2nc(NC)c3c(C#N)c[nH]c3n2)c2c1OCCO2)N1CC(CC)(CC)C1. The first-order chi connectivity index (χ1) is 16.5. The van der Waals surface area contributed by atoms with Crippen LogP contribution >= 0.6 is 0 Å². The molecule has 2 aliphatic rings. The summed E-state index contributed by atoms with van der Waals surface area (Å²) in [5.74, 6) is 2.26. The van der Waals surface area contributed by atoms with Crippen LogP contribution in [0.3, 0.4) is 0 Å². The molecule has 5 rings (SSSR count). The summed E-state index contributed by atoms with van der Waals surface area (Å²) in [6.45, 7) is 11.9. The molecule has 3 aromatic rings. The minimum Gasteiger partial charge on any atom is -0.485 e. The van der Waals surface area contributed by atoms with Crippen LogP contribution in [-0.4, -0.2) is 53.2 Å². The summed E-state index contributed by atoms with van der Waals surface area (Å²) in [6.07, 6.45) is 3.97. The molecule has 0 amide bonds. The zero-order chi connectivity index (χ0) is 23.9. The van der Waals surface area contributed by atoms with E-state index in [9.17, 15) is 5.26 Å². The number of rotatable bonds is 7. The standard InChI is InChI=1S/C25H29N7O2/c1-5-25(6-2)13-32(14-25)15(3)17-7-8-18(21-20(17)33-9-10-34-21)29-24-30-22(27-4)19-16(11-26)12-28-23(19)31-24/h7-8,12H,3,5-6,9-10,13-14H2,1-2,4H3,(H3,27,28,29,30,31). The van der Waals surface area contributed by atoms with Crippen LogP contribution in [0.4, 0.5) is 17.5 Å². The van der Waals surface area contributed by atoms with E-state index in [2.05, 4.69) is 57.0 Å². The van der Waals surface area contributed by atoms with Crippen molar-refractivity contribution in [1.82, 2.24) is 19.9 Å². The van der Waals surface area contributed by atoms with Crippen molar-refractivity contribution in [3.05, 3.63) is 36.0 Å². The summed E-state index contributed by atoms with van der Waals surface area (Å²) in [5.41, 5.74) is 4.05. The van der Waals surface area contributed by atoms with Crippen molar-refractivity contribution in [2.24, 2.45) is 5.41 Å². The molecule has 0 atom stereocenters. The average Bonchev–Trinajstić information content (AvgIpc) is 3.27. The van der Waals surface area contributed by atoms with E-state index in [1.807, 2.05) is 12.1 Å². The second-order valence-corrected chi connectivity index (χ2v) is 8.83. The van der Waals surface area contributed by atoms with Crippen molar-refractivity contribution in [1.29, 1.82) is 5.26 Å². The van der Waals surface area contributed by atoms with Crippen LogP contribution in [0.1, 0.15) is 37.8 Å². The van der Waals surface area contributed by atoms with Crippen molar-refractivity contribution < 1.29 is 9.47 Å². The normalized spacial score (nSPS) is 16.0. The Morgan fingerprint density at radius 3 is 2.62 bits per heavy atom. The molecule has 4 heterocycles. The van der Waals surface area contributed by atoms with Gasteiger partial charge in [-0.1, -0.05) is 20.4 Å². The first-order valence-corrected chi connectivity index (χ1v) is 11.6. The summed E-state index contributed by atoms with van der Waals surface area (Å²) in [7, 11) is 1.76. The molecule has 0 radical (unpaired) electrons. The predicted molar refractivity (Wildman–Crippen MR) is 132 cm³/mol. The largest absolute Gasteiger partial charge is 0.485 e. The topological polar surface area (TPSA) is 111 Å². The molecule has 3 N–H and O–H groups in total. The van der Waals surface area contributed by atoms with E-state index >= 15 is 0 Å². The van der Waals surface area contributed by atoms with Gasteiger partial charge in [0.2, 0.25) is 5.95 Å². The number of nitrogens with one attached hydrogen (secondary N) is 3. The Balaban J connectivity index is 1.46. The second-order valence-electron chi connectivity index (χ2n) is 8.83. The first kappa shape index (κ1) is 21.9. The Morgan fingerprint density at radius 2 is 1.94 bits per heavy atom. The van der Waals surface area contributed by atoms with Gasteiger partial charge in [-0.3, -0.25) is 0 Å². The number of benzene rings is 1. The molecule has 1 fully saturated rings. The number of nitriles is 1. The Labute approximate surface area is 198 Å². The van der Waals surface area contributed by atoms with Crippen LogP contribution in [0.25, 0.3) is 16.7 Å². The lowest BCUT2D eigenvalue weighted by Gasteiger charge is -2.52. The Morgan fingerprint density at radius 1 is 1.21 bits per heavy atom. The van der Waals surface area contributed by atoms with Crippen LogP contribution in [0, 0.1) is 16.7 Å². The van der Waals surface area contributed by atoms with Gasteiger partial charge in [-0.05, 0) is 25.0 Å². The summed E-state index contributed by atoms with van der Waals surface area (Å²) < 4.78 is 12.1. The summed E-state index contributed by atoms with van der Waals surface area (Å²) in [6, 6.07) is 6.12. The maximum atomic E-state index is 9.36. The molecule has 2 aliphatic heterocycles. The fraction of sp³-hybridized carbons (Fsp3) is 0.400. The Hall–Kier alpha value is -3.93. The monoisotopic (exact) mass is 459 g/mol. The fourth-order valence-electron chi connectivity index (χ4n) is 4.76. The molecule has 0 unspecified atom stereocenters. The molecule has 9 heteroatoms. The number of fused-ring (bicyclic) bond motifs is 2. The number of likely N-dealkylation sites (tertiary alicyclic amines) is 1. The zero-order valence-electron chi connectivity index (χ0n) is 19.8.